The summed E-state index contributed by atoms with van der Waals surface area (Å²) in [6.07, 6.45) is 4.57. The highest BCUT2D eigenvalue weighted by molar-refractivity contribution is 5.82. The molecule has 0 radical (unpaired) electrons. The Kier molecular flexibility index (Phi) is 1.75. The molecule has 0 aliphatic heterocycles. The molecule has 0 bridgehead atoms. The minimum Gasteiger partial charge on any atom is -0.456 e. The van der Waals surface area contributed by atoms with Gasteiger partial charge in [-0.1, -0.05) is 24.3 Å². The number of hydrogen-bond acceptors (Lipinski definition) is 1. The number of furan rings is 1. The number of benzene rings is 1. The lowest BCUT2D eigenvalue weighted by Crippen LogP contribution is -2.24. The Labute approximate surface area is 88.7 Å². The van der Waals surface area contributed by atoms with Crippen LogP contribution in [0.1, 0.15) is 25.3 Å². The zero-order chi connectivity index (χ0) is 10.4. The molecule has 0 atom stereocenters. The van der Waals surface area contributed by atoms with Crippen molar-refractivity contribution in [3.8, 4) is 0 Å². The number of aryl methyl sites for hydroxylation is 1. The van der Waals surface area contributed by atoms with E-state index < -0.39 is 0 Å². The number of fused-ring (bicyclic) bond motifs is 3. The van der Waals surface area contributed by atoms with Crippen molar-refractivity contribution >= 4 is 22.6 Å². The summed E-state index contributed by atoms with van der Waals surface area (Å²) in [5.41, 5.74) is 4.76. The molecular weight excluding hydrogens is 184 g/mol. The van der Waals surface area contributed by atoms with Crippen LogP contribution in [0.15, 0.2) is 22.6 Å². The Hall–Kier alpha value is -1.50. The van der Waals surface area contributed by atoms with Gasteiger partial charge in [0, 0.05) is 10.6 Å². The molecule has 1 heteroatoms. The van der Waals surface area contributed by atoms with Gasteiger partial charge in [-0.25, -0.2) is 0 Å². The van der Waals surface area contributed by atoms with Gasteiger partial charge < -0.3 is 4.42 Å². The molecule has 3 rings (SSSR count). The molecule has 0 saturated carbocycles. The summed E-state index contributed by atoms with van der Waals surface area (Å²) in [5.74, 6) is 0. The van der Waals surface area contributed by atoms with E-state index in [2.05, 4.69) is 38.1 Å². The molecule has 1 aromatic heterocycles. The number of hydrogen-bond donors (Lipinski definition) is 0. The van der Waals surface area contributed by atoms with E-state index in [0.29, 0.717) is 0 Å². The molecule has 0 fully saturated rings. The van der Waals surface area contributed by atoms with Crippen LogP contribution >= 0.6 is 0 Å². The lowest BCUT2D eigenvalue weighted by molar-refractivity contribution is 0.565. The third-order valence-corrected chi connectivity index (χ3v) is 3.21. The predicted molar refractivity (Wildman–Crippen MR) is 63.0 cm³/mol. The highest BCUT2D eigenvalue weighted by Crippen LogP contribution is 2.16. The first-order valence-corrected chi connectivity index (χ1v) is 5.45. The molecule has 2 aromatic rings. The van der Waals surface area contributed by atoms with Gasteiger partial charge in [-0.3, -0.25) is 0 Å². The minimum absolute atomic E-state index is 1.06. The maximum Gasteiger partial charge on any atom is 0.138 e. The topological polar surface area (TPSA) is 13.1 Å². The van der Waals surface area contributed by atoms with Gasteiger partial charge in [0.2, 0.25) is 0 Å². The van der Waals surface area contributed by atoms with Gasteiger partial charge in [-0.15, -0.1) is 0 Å². The number of rotatable bonds is 0. The van der Waals surface area contributed by atoms with E-state index in [1.165, 1.54) is 21.7 Å². The average molecular weight is 198 g/mol. The Morgan fingerprint density at radius 2 is 2.07 bits per heavy atom. The Balaban J connectivity index is 2.64. The number of para-hydroxylation sites is 1. The van der Waals surface area contributed by atoms with Crippen LogP contribution in [0.2, 0.25) is 0 Å². The summed E-state index contributed by atoms with van der Waals surface area (Å²) in [5, 5.41) is 2.57. The van der Waals surface area contributed by atoms with E-state index in [9.17, 15) is 0 Å². The summed E-state index contributed by atoms with van der Waals surface area (Å²) in [7, 11) is 0. The van der Waals surface area contributed by atoms with Crippen LogP contribution in [0.5, 0.6) is 0 Å². The van der Waals surface area contributed by atoms with Gasteiger partial charge >= 0.3 is 0 Å². The normalized spacial score (nSPS) is 15.2. The quantitative estimate of drug-likeness (QED) is 0.634. The van der Waals surface area contributed by atoms with Crippen LogP contribution < -0.4 is 10.6 Å². The molecule has 1 aliphatic carbocycles. The molecule has 1 nitrogen and oxygen atoms in total. The van der Waals surface area contributed by atoms with Crippen molar-refractivity contribution in [2.24, 2.45) is 0 Å². The van der Waals surface area contributed by atoms with Crippen LogP contribution in [0.4, 0.5) is 0 Å². The molecule has 0 N–H and O–H groups in total. The molecule has 0 amide bonds. The van der Waals surface area contributed by atoms with Crippen molar-refractivity contribution in [1.82, 2.24) is 0 Å². The fourth-order valence-electron chi connectivity index (χ4n) is 2.35. The molecule has 1 aromatic carbocycles. The molecule has 1 aliphatic rings. The zero-order valence-corrected chi connectivity index (χ0v) is 9.13. The van der Waals surface area contributed by atoms with Crippen molar-refractivity contribution in [1.29, 1.82) is 0 Å². The Morgan fingerprint density at radius 3 is 2.93 bits per heavy atom. The van der Waals surface area contributed by atoms with Crippen LogP contribution in [0.25, 0.3) is 22.6 Å². The third kappa shape index (κ3) is 1.16. The van der Waals surface area contributed by atoms with Gasteiger partial charge in [0.1, 0.15) is 11.0 Å². The second-order valence-corrected chi connectivity index (χ2v) is 4.32. The minimum atomic E-state index is 1.06. The summed E-state index contributed by atoms with van der Waals surface area (Å²) in [6, 6.07) is 6.36. The lowest BCUT2D eigenvalue weighted by Gasteiger charge is -1.99. The van der Waals surface area contributed by atoms with Crippen molar-refractivity contribution in [3.63, 3.8) is 0 Å². The van der Waals surface area contributed by atoms with E-state index in [-0.39, 0.29) is 0 Å². The SMILES string of the molecule is CC1=c2oc3c(C)cccc3c2=CCC1. The first kappa shape index (κ1) is 8.78. The van der Waals surface area contributed by atoms with Gasteiger partial charge in [0.15, 0.2) is 0 Å². The molecule has 0 saturated heterocycles. The fraction of sp³-hybridized carbons (Fsp3) is 0.286. The van der Waals surface area contributed by atoms with Gasteiger partial charge in [0.25, 0.3) is 0 Å². The monoisotopic (exact) mass is 198 g/mol. The molecule has 1 heterocycles. The standard InChI is InChI=1S/C14H14O/c1-9-5-3-7-11-12-8-4-6-10(2)14(12)15-13(9)11/h3,5,7-8H,4,6H2,1-2H3. The van der Waals surface area contributed by atoms with Gasteiger partial charge in [-0.2, -0.15) is 0 Å². The molecular formula is C14H14O. The van der Waals surface area contributed by atoms with Crippen molar-refractivity contribution in [2.75, 3.05) is 0 Å². The predicted octanol–water partition coefficient (Wildman–Crippen LogP) is 2.49. The molecule has 76 valence electrons. The zero-order valence-electron chi connectivity index (χ0n) is 9.13. The Morgan fingerprint density at radius 1 is 1.20 bits per heavy atom. The summed E-state index contributed by atoms with van der Waals surface area (Å²) in [6.45, 7) is 4.27. The average Bonchev–Trinajstić information content (AvgIpc) is 2.60. The highest BCUT2D eigenvalue weighted by atomic mass is 16.3. The highest BCUT2D eigenvalue weighted by Gasteiger charge is 2.09. The van der Waals surface area contributed by atoms with Crippen LogP contribution in [-0.4, -0.2) is 0 Å². The molecule has 15 heavy (non-hydrogen) atoms. The summed E-state index contributed by atoms with van der Waals surface area (Å²) >= 11 is 0. The van der Waals surface area contributed by atoms with Crippen molar-refractivity contribution in [2.45, 2.75) is 26.7 Å². The summed E-state index contributed by atoms with van der Waals surface area (Å²) < 4.78 is 5.97. The first-order chi connectivity index (χ1) is 7.27. The fourth-order valence-corrected chi connectivity index (χ4v) is 2.35. The molecule has 0 unspecified atom stereocenters. The first-order valence-electron chi connectivity index (χ1n) is 5.45. The second-order valence-electron chi connectivity index (χ2n) is 4.32. The van der Waals surface area contributed by atoms with E-state index in [1.807, 2.05) is 0 Å². The Bertz CT molecular complexity index is 644. The summed E-state index contributed by atoms with van der Waals surface area (Å²) in [4.78, 5) is 0. The largest absolute Gasteiger partial charge is 0.456 e. The van der Waals surface area contributed by atoms with E-state index in [0.717, 1.165) is 23.8 Å². The maximum absolute atomic E-state index is 5.97. The maximum atomic E-state index is 5.97. The van der Waals surface area contributed by atoms with Gasteiger partial charge in [-0.05, 0) is 37.8 Å². The van der Waals surface area contributed by atoms with Gasteiger partial charge in [0.05, 0.1) is 0 Å². The third-order valence-electron chi connectivity index (χ3n) is 3.21. The van der Waals surface area contributed by atoms with E-state index in [1.54, 1.807) is 0 Å². The van der Waals surface area contributed by atoms with E-state index >= 15 is 0 Å². The van der Waals surface area contributed by atoms with Crippen LogP contribution in [0.3, 0.4) is 0 Å². The smallest absolute Gasteiger partial charge is 0.138 e. The van der Waals surface area contributed by atoms with E-state index in [4.69, 9.17) is 4.42 Å². The lowest BCUT2D eigenvalue weighted by atomic mass is 10.0. The van der Waals surface area contributed by atoms with Crippen molar-refractivity contribution in [3.05, 3.63) is 34.4 Å². The molecule has 0 spiro atoms. The van der Waals surface area contributed by atoms with Crippen LogP contribution in [0, 0.1) is 6.92 Å². The second kappa shape index (κ2) is 2.99. The van der Waals surface area contributed by atoms with Crippen molar-refractivity contribution < 1.29 is 4.42 Å². The van der Waals surface area contributed by atoms with Crippen LogP contribution in [-0.2, 0) is 0 Å².